The largest absolute Gasteiger partial charge is 0.508 e. The molecule has 0 fully saturated rings. The minimum atomic E-state index is -1.25. The molecule has 4 N–H and O–H groups in total. The summed E-state index contributed by atoms with van der Waals surface area (Å²) in [4.78, 5) is 29.0. The van der Waals surface area contributed by atoms with Crippen LogP contribution in [-0.4, -0.2) is 32.1 Å². The van der Waals surface area contributed by atoms with Gasteiger partial charge in [0.1, 0.15) is 5.75 Å². The first kappa shape index (κ1) is 13.6. The lowest BCUT2D eigenvalue weighted by Crippen LogP contribution is -2.28. The molecule has 1 atom stereocenters. The number of H-pyrrole nitrogens is 1. The summed E-state index contributed by atoms with van der Waals surface area (Å²) in [5.41, 5.74) is 0.265. The topological polar surface area (TPSA) is 115 Å². The second-order valence-electron chi connectivity index (χ2n) is 4.22. The Kier molecular flexibility index (Phi) is 3.69. The van der Waals surface area contributed by atoms with Crippen LogP contribution in [0.5, 0.6) is 5.75 Å². The smallest absolute Gasteiger partial charge is 0.354 e. The van der Waals surface area contributed by atoms with E-state index in [0.717, 1.165) is 6.33 Å². The van der Waals surface area contributed by atoms with Crippen LogP contribution in [0.3, 0.4) is 0 Å². The number of carbonyl (C=O) groups excluding carboxylic acids is 1. The summed E-state index contributed by atoms with van der Waals surface area (Å²) in [7, 11) is 0. The van der Waals surface area contributed by atoms with Crippen molar-refractivity contribution in [2.75, 3.05) is 0 Å². The second kappa shape index (κ2) is 5.43. The molecule has 7 nitrogen and oxygen atoms in total. The predicted molar refractivity (Wildman–Crippen MR) is 69.5 cm³/mol. The normalized spacial score (nSPS) is 11.8. The predicted octanol–water partition coefficient (Wildman–Crippen LogP) is 1.30. The van der Waals surface area contributed by atoms with Crippen molar-refractivity contribution in [3.05, 3.63) is 47.5 Å². The van der Waals surface area contributed by atoms with Gasteiger partial charge in [-0.2, -0.15) is 0 Å². The number of rotatable bonds is 4. The summed E-state index contributed by atoms with van der Waals surface area (Å²) in [6, 6.07) is 6.05. The van der Waals surface area contributed by atoms with Crippen molar-refractivity contribution >= 4 is 11.9 Å². The van der Waals surface area contributed by atoms with E-state index in [9.17, 15) is 14.7 Å². The number of hydrogen-bond donors (Lipinski definition) is 4. The van der Waals surface area contributed by atoms with Gasteiger partial charge in [-0.3, -0.25) is 4.79 Å². The average Bonchev–Trinajstić information content (AvgIpc) is 2.88. The lowest BCUT2D eigenvalue weighted by molar-refractivity contribution is 0.0684. The first-order chi connectivity index (χ1) is 9.49. The number of aromatic nitrogens is 2. The van der Waals surface area contributed by atoms with Gasteiger partial charge in [-0.25, -0.2) is 9.78 Å². The monoisotopic (exact) mass is 275 g/mol. The van der Waals surface area contributed by atoms with Crippen LogP contribution < -0.4 is 5.32 Å². The zero-order valence-electron chi connectivity index (χ0n) is 10.6. The van der Waals surface area contributed by atoms with Gasteiger partial charge in [0, 0.05) is 0 Å². The number of imidazole rings is 1. The van der Waals surface area contributed by atoms with Crippen LogP contribution in [0.25, 0.3) is 0 Å². The minimum absolute atomic E-state index is 0.0922. The maximum Gasteiger partial charge on any atom is 0.354 e. The standard InChI is InChI=1S/C13H13N3O4/c1-7(8-3-2-4-9(17)5-8)16-12(18)10-11(13(19)20)15-6-14-10/h2-7,17H,1H3,(H,14,15)(H,16,18)(H,19,20). The summed E-state index contributed by atoms with van der Waals surface area (Å²) in [5.74, 6) is -1.76. The molecule has 2 aromatic rings. The van der Waals surface area contributed by atoms with Crippen LogP contribution in [0.15, 0.2) is 30.6 Å². The highest BCUT2D eigenvalue weighted by atomic mass is 16.4. The summed E-state index contributed by atoms with van der Waals surface area (Å²) >= 11 is 0. The van der Waals surface area contributed by atoms with Crippen molar-refractivity contribution in [2.24, 2.45) is 0 Å². The number of carboxylic acids is 1. The third kappa shape index (κ3) is 2.77. The maximum absolute atomic E-state index is 12.0. The second-order valence-corrected chi connectivity index (χ2v) is 4.22. The van der Waals surface area contributed by atoms with E-state index in [1.54, 1.807) is 19.1 Å². The first-order valence-electron chi connectivity index (χ1n) is 5.85. The van der Waals surface area contributed by atoms with Gasteiger partial charge in [-0.15, -0.1) is 0 Å². The van der Waals surface area contributed by atoms with E-state index in [2.05, 4.69) is 15.3 Å². The summed E-state index contributed by atoms with van der Waals surface area (Å²) < 4.78 is 0. The number of phenols is 1. The van der Waals surface area contributed by atoms with Crippen LogP contribution in [-0.2, 0) is 0 Å². The number of carboxylic acid groups (broad SMARTS) is 1. The lowest BCUT2D eigenvalue weighted by atomic mass is 10.1. The fourth-order valence-corrected chi connectivity index (χ4v) is 1.77. The number of amides is 1. The molecule has 0 spiro atoms. The number of aromatic hydroxyl groups is 1. The van der Waals surface area contributed by atoms with Crippen molar-refractivity contribution in [3.8, 4) is 5.75 Å². The molecule has 0 aliphatic heterocycles. The molecule has 1 heterocycles. The Bertz CT molecular complexity index is 651. The summed E-state index contributed by atoms with van der Waals surface area (Å²) in [5, 5.41) is 20.9. The van der Waals surface area contributed by atoms with Crippen LogP contribution >= 0.6 is 0 Å². The van der Waals surface area contributed by atoms with E-state index in [1.807, 2.05) is 0 Å². The van der Waals surface area contributed by atoms with Crippen molar-refractivity contribution < 1.29 is 19.8 Å². The molecular weight excluding hydrogens is 262 g/mol. The van der Waals surface area contributed by atoms with Gasteiger partial charge in [-0.05, 0) is 24.6 Å². The van der Waals surface area contributed by atoms with Gasteiger partial charge >= 0.3 is 5.97 Å². The molecule has 0 bridgehead atoms. The van der Waals surface area contributed by atoms with Gasteiger partial charge in [0.15, 0.2) is 11.4 Å². The van der Waals surface area contributed by atoms with Gasteiger partial charge < -0.3 is 20.5 Å². The highest BCUT2D eigenvalue weighted by molar-refractivity contribution is 6.02. The van der Waals surface area contributed by atoms with E-state index in [1.165, 1.54) is 12.1 Å². The number of hydrogen-bond acceptors (Lipinski definition) is 4. The number of nitrogens with one attached hydrogen (secondary N) is 2. The molecule has 1 unspecified atom stereocenters. The number of carbonyl (C=O) groups is 2. The quantitative estimate of drug-likeness (QED) is 0.671. The van der Waals surface area contributed by atoms with Crippen molar-refractivity contribution in [3.63, 3.8) is 0 Å². The van der Waals surface area contributed by atoms with Gasteiger partial charge in [0.05, 0.1) is 12.4 Å². The minimum Gasteiger partial charge on any atom is -0.508 e. The Morgan fingerprint density at radius 1 is 1.40 bits per heavy atom. The van der Waals surface area contributed by atoms with Gasteiger partial charge in [0.2, 0.25) is 0 Å². The molecular formula is C13H13N3O4. The van der Waals surface area contributed by atoms with Crippen molar-refractivity contribution in [1.29, 1.82) is 0 Å². The highest BCUT2D eigenvalue weighted by Crippen LogP contribution is 2.18. The molecule has 0 saturated heterocycles. The number of phenolic OH excluding ortho intramolecular Hbond substituents is 1. The Morgan fingerprint density at radius 3 is 2.80 bits per heavy atom. The van der Waals surface area contributed by atoms with E-state index in [0.29, 0.717) is 5.56 Å². The third-order valence-corrected chi connectivity index (χ3v) is 2.79. The van der Waals surface area contributed by atoms with E-state index in [4.69, 9.17) is 5.11 Å². The Balaban J connectivity index is 2.15. The fraction of sp³-hybridized carbons (Fsp3) is 0.154. The van der Waals surface area contributed by atoms with Crippen LogP contribution in [0.2, 0.25) is 0 Å². The molecule has 0 saturated carbocycles. The van der Waals surface area contributed by atoms with Crippen molar-refractivity contribution in [2.45, 2.75) is 13.0 Å². The van der Waals surface area contributed by atoms with Crippen LogP contribution in [0, 0.1) is 0 Å². The molecule has 0 radical (unpaired) electrons. The van der Waals surface area contributed by atoms with Crippen LogP contribution in [0.1, 0.15) is 39.5 Å². The molecule has 104 valence electrons. The highest BCUT2D eigenvalue weighted by Gasteiger charge is 2.21. The number of benzene rings is 1. The molecule has 1 aromatic heterocycles. The summed E-state index contributed by atoms with van der Waals surface area (Å²) in [6.07, 6.45) is 1.15. The Hall–Kier alpha value is -2.83. The van der Waals surface area contributed by atoms with Gasteiger partial charge in [0.25, 0.3) is 5.91 Å². The molecule has 1 amide bonds. The summed E-state index contributed by atoms with van der Waals surface area (Å²) in [6.45, 7) is 1.72. The van der Waals surface area contributed by atoms with E-state index in [-0.39, 0.29) is 17.1 Å². The van der Waals surface area contributed by atoms with E-state index < -0.39 is 17.9 Å². The average molecular weight is 275 g/mol. The number of nitrogens with zero attached hydrogens (tertiary/aromatic N) is 1. The van der Waals surface area contributed by atoms with Crippen LogP contribution in [0.4, 0.5) is 0 Å². The van der Waals surface area contributed by atoms with Crippen molar-refractivity contribution in [1.82, 2.24) is 15.3 Å². The van der Waals surface area contributed by atoms with E-state index >= 15 is 0 Å². The molecule has 1 aromatic carbocycles. The maximum atomic E-state index is 12.0. The number of aromatic amines is 1. The fourth-order valence-electron chi connectivity index (χ4n) is 1.77. The number of aromatic carboxylic acids is 1. The molecule has 0 aliphatic carbocycles. The lowest BCUT2D eigenvalue weighted by Gasteiger charge is -2.13. The molecule has 7 heteroatoms. The van der Waals surface area contributed by atoms with Gasteiger partial charge in [-0.1, -0.05) is 12.1 Å². The molecule has 20 heavy (non-hydrogen) atoms. The zero-order valence-corrected chi connectivity index (χ0v) is 10.6. The zero-order chi connectivity index (χ0) is 14.7. The first-order valence-corrected chi connectivity index (χ1v) is 5.85. The molecule has 0 aliphatic rings. The molecule has 2 rings (SSSR count). The Labute approximate surface area is 114 Å². The Morgan fingerprint density at radius 2 is 2.15 bits per heavy atom. The SMILES string of the molecule is CC(NC(=O)c1nc[nH]c1C(=O)O)c1cccc(O)c1. The third-order valence-electron chi connectivity index (χ3n) is 2.79.